The summed E-state index contributed by atoms with van der Waals surface area (Å²) in [4.78, 5) is 4.74. The van der Waals surface area contributed by atoms with Crippen molar-refractivity contribution in [3.63, 3.8) is 0 Å². The monoisotopic (exact) mass is 291 g/mol. The summed E-state index contributed by atoms with van der Waals surface area (Å²) in [5, 5.41) is 7.70. The van der Waals surface area contributed by atoms with Gasteiger partial charge < -0.3 is 9.84 Å². The summed E-state index contributed by atoms with van der Waals surface area (Å²) in [5.74, 6) is 4.13. The predicted molar refractivity (Wildman–Crippen MR) is 83.2 cm³/mol. The lowest BCUT2D eigenvalue weighted by molar-refractivity contribution is 0.166. The molecule has 2 fully saturated rings. The maximum atomic E-state index is 5.57. The van der Waals surface area contributed by atoms with E-state index in [9.17, 15) is 0 Å². The number of aromatic nitrogens is 2. The zero-order valence-electron chi connectivity index (χ0n) is 13.9. The van der Waals surface area contributed by atoms with E-state index in [-0.39, 0.29) is 0 Å². The highest BCUT2D eigenvalue weighted by Gasteiger charge is 2.34. The normalized spacial score (nSPS) is 34.3. The topological polar surface area (TPSA) is 51.0 Å². The Morgan fingerprint density at radius 3 is 2.38 bits per heavy atom. The summed E-state index contributed by atoms with van der Waals surface area (Å²) in [6.45, 7) is 11.4. The highest BCUT2D eigenvalue weighted by atomic mass is 16.5. The van der Waals surface area contributed by atoms with E-state index in [4.69, 9.17) is 9.51 Å². The Bertz CT molecular complexity index is 469. The van der Waals surface area contributed by atoms with Gasteiger partial charge in [0.2, 0.25) is 5.89 Å². The van der Waals surface area contributed by atoms with Crippen molar-refractivity contribution in [2.45, 2.75) is 65.2 Å². The van der Waals surface area contributed by atoms with Gasteiger partial charge in [-0.15, -0.1) is 0 Å². The molecule has 1 aliphatic carbocycles. The van der Waals surface area contributed by atoms with Gasteiger partial charge in [0.25, 0.3) is 0 Å². The zero-order valence-corrected chi connectivity index (χ0v) is 13.9. The van der Waals surface area contributed by atoms with Crippen molar-refractivity contribution in [1.29, 1.82) is 0 Å². The van der Waals surface area contributed by atoms with Crippen LogP contribution in [-0.4, -0.2) is 23.2 Å². The van der Waals surface area contributed by atoms with Gasteiger partial charge in [-0.3, -0.25) is 0 Å². The summed E-state index contributed by atoms with van der Waals surface area (Å²) in [5.41, 5.74) is 0.429. The minimum absolute atomic E-state index is 0.400. The van der Waals surface area contributed by atoms with Gasteiger partial charge in [-0.25, -0.2) is 0 Å². The first kappa shape index (κ1) is 15.0. The fourth-order valence-electron chi connectivity index (χ4n) is 3.92. The lowest BCUT2D eigenvalue weighted by Crippen LogP contribution is -2.25. The maximum absolute atomic E-state index is 5.57. The van der Waals surface area contributed by atoms with Gasteiger partial charge in [0.05, 0.1) is 5.92 Å². The summed E-state index contributed by atoms with van der Waals surface area (Å²) >= 11 is 0. The van der Waals surface area contributed by atoms with Crippen LogP contribution in [0.5, 0.6) is 0 Å². The third-order valence-corrected chi connectivity index (χ3v) is 5.61. The average Bonchev–Trinajstić information content (AvgIpc) is 3.06. The molecule has 1 aromatic rings. The third kappa shape index (κ3) is 3.15. The van der Waals surface area contributed by atoms with Crippen molar-refractivity contribution in [2.75, 3.05) is 13.1 Å². The van der Waals surface area contributed by atoms with Crippen LogP contribution < -0.4 is 5.32 Å². The molecule has 0 aromatic carbocycles. The van der Waals surface area contributed by atoms with Crippen molar-refractivity contribution in [2.24, 2.45) is 17.3 Å². The van der Waals surface area contributed by atoms with E-state index >= 15 is 0 Å². The van der Waals surface area contributed by atoms with E-state index in [0.29, 0.717) is 23.2 Å². The second-order valence-electron chi connectivity index (χ2n) is 8.15. The van der Waals surface area contributed by atoms with Gasteiger partial charge in [-0.1, -0.05) is 32.9 Å². The molecule has 1 N–H and O–H groups in total. The highest BCUT2D eigenvalue weighted by molar-refractivity contribution is 5.04. The average molecular weight is 291 g/mol. The number of nitrogens with one attached hydrogen (secondary N) is 1. The molecule has 0 unspecified atom stereocenters. The molecular weight excluding hydrogens is 262 g/mol. The molecule has 2 aliphatic rings. The minimum Gasteiger partial charge on any atom is -0.339 e. The number of rotatable bonds is 2. The van der Waals surface area contributed by atoms with Gasteiger partial charge in [-0.2, -0.15) is 4.98 Å². The largest absolute Gasteiger partial charge is 0.339 e. The van der Waals surface area contributed by atoms with Crippen LogP contribution in [0.3, 0.4) is 0 Å². The van der Waals surface area contributed by atoms with Crippen molar-refractivity contribution >= 4 is 0 Å². The zero-order chi connectivity index (χ0) is 15.0. The molecule has 21 heavy (non-hydrogen) atoms. The van der Waals surface area contributed by atoms with Gasteiger partial charge in [-0.05, 0) is 49.5 Å². The first-order valence-electron chi connectivity index (χ1n) is 8.49. The molecule has 1 aliphatic heterocycles. The Hall–Kier alpha value is -0.900. The molecule has 0 amide bonds. The van der Waals surface area contributed by atoms with E-state index in [1.807, 2.05) is 0 Å². The first-order chi connectivity index (χ1) is 9.95. The molecule has 2 atom stereocenters. The fourth-order valence-corrected chi connectivity index (χ4v) is 3.92. The molecular formula is C17H29N3O. The van der Waals surface area contributed by atoms with Crippen LogP contribution in [0.2, 0.25) is 0 Å². The molecule has 3 rings (SSSR count). The minimum atomic E-state index is 0.400. The van der Waals surface area contributed by atoms with Crippen molar-refractivity contribution in [1.82, 2.24) is 15.5 Å². The van der Waals surface area contributed by atoms with Gasteiger partial charge in [0.1, 0.15) is 0 Å². The molecule has 1 aromatic heterocycles. The van der Waals surface area contributed by atoms with E-state index in [1.165, 1.54) is 25.7 Å². The molecule has 1 saturated heterocycles. The molecule has 0 bridgehead atoms. The van der Waals surface area contributed by atoms with Crippen LogP contribution in [0, 0.1) is 17.3 Å². The van der Waals surface area contributed by atoms with E-state index < -0.39 is 0 Å². The molecule has 2 heterocycles. The molecule has 118 valence electrons. The summed E-state index contributed by atoms with van der Waals surface area (Å²) in [6, 6.07) is 0. The fraction of sp³-hybridized carbons (Fsp3) is 0.882. The predicted octanol–water partition coefficient (Wildman–Crippen LogP) is 3.71. The molecule has 0 spiro atoms. The Morgan fingerprint density at radius 1 is 1.10 bits per heavy atom. The summed E-state index contributed by atoms with van der Waals surface area (Å²) < 4.78 is 5.57. The van der Waals surface area contributed by atoms with Crippen LogP contribution in [0.1, 0.15) is 76.9 Å². The standard InChI is InChI=1S/C17H29N3O/c1-11-9-18-10-14(11)16-19-15(20-21-16)12-5-7-13(8-6-12)17(2,3)4/h11-14,18H,5-10H2,1-4H3/t11-,12?,13?,14-/m1/s1. The molecule has 1 saturated carbocycles. The van der Waals surface area contributed by atoms with Crippen LogP contribution in [0.15, 0.2) is 4.52 Å². The smallest absolute Gasteiger partial charge is 0.231 e. The maximum Gasteiger partial charge on any atom is 0.231 e. The Morgan fingerprint density at radius 2 is 1.81 bits per heavy atom. The highest BCUT2D eigenvalue weighted by Crippen LogP contribution is 2.42. The quantitative estimate of drug-likeness (QED) is 0.902. The Kier molecular flexibility index (Phi) is 4.08. The van der Waals surface area contributed by atoms with Crippen LogP contribution in [0.4, 0.5) is 0 Å². The van der Waals surface area contributed by atoms with Crippen molar-refractivity contribution in [3.05, 3.63) is 11.7 Å². The molecule has 0 radical (unpaired) electrons. The number of nitrogens with zero attached hydrogens (tertiary/aromatic N) is 2. The van der Waals surface area contributed by atoms with Crippen molar-refractivity contribution < 1.29 is 4.52 Å². The Balaban J connectivity index is 1.63. The second-order valence-corrected chi connectivity index (χ2v) is 8.15. The van der Waals surface area contributed by atoms with Gasteiger partial charge in [0, 0.05) is 12.5 Å². The van der Waals surface area contributed by atoms with Gasteiger partial charge >= 0.3 is 0 Å². The van der Waals surface area contributed by atoms with E-state index in [2.05, 4.69) is 38.2 Å². The summed E-state index contributed by atoms with van der Waals surface area (Å²) in [6.07, 6.45) is 5.00. The van der Waals surface area contributed by atoms with Crippen molar-refractivity contribution in [3.8, 4) is 0 Å². The molecule has 4 heteroatoms. The lowest BCUT2D eigenvalue weighted by atomic mass is 9.70. The van der Waals surface area contributed by atoms with E-state index in [1.54, 1.807) is 0 Å². The van der Waals surface area contributed by atoms with E-state index in [0.717, 1.165) is 30.7 Å². The van der Waals surface area contributed by atoms with Crippen LogP contribution in [0.25, 0.3) is 0 Å². The first-order valence-corrected chi connectivity index (χ1v) is 8.49. The van der Waals surface area contributed by atoms with Crippen LogP contribution in [-0.2, 0) is 0 Å². The second kappa shape index (κ2) is 5.71. The lowest BCUT2D eigenvalue weighted by Gasteiger charge is -2.36. The third-order valence-electron chi connectivity index (χ3n) is 5.61. The van der Waals surface area contributed by atoms with Crippen LogP contribution >= 0.6 is 0 Å². The number of hydrogen-bond acceptors (Lipinski definition) is 4. The summed E-state index contributed by atoms with van der Waals surface area (Å²) in [7, 11) is 0. The SMILES string of the molecule is C[C@@H]1CNC[C@H]1c1nc(C2CCC(C(C)(C)C)CC2)no1. The number of hydrogen-bond donors (Lipinski definition) is 1. The van der Waals surface area contributed by atoms with Gasteiger partial charge in [0.15, 0.2) is 5.82 Å². The Labute approximate surface area is 128 Å². The molecule has 4 nitrogen and oxygen atoms in total.